The number of esters is 1. The first-order valence-corrected chi connectivity index (χ1v) is 12.6. The molecule has 0 N–H and O–H groups in total. The van der Waals surface area contributed by atoms with Crippen molar-refractivity contribution in [3.05, 3.63) is 0 Å². The van der Waals surface area contributed by atoms with E-state index in [-0.39, 0.29) is 46.9 Å². The molecule has 4 heteroatoms. The van der Waals surface area contributed by atoms with E-state index in [1.54, 1.807) is 0 Å². The Hall–Kier alpha value is -0.670. The van der Waals surface area contributed by atoms with Crippen molar-refractivity contribution < 1.29 is 18.3 Å². The van der Waals surface area contributed by atoms with Crippen LogP contribution in [0.2, 0.25) is 0 Å². The molecule has 0 aromatic rings. The van der Waals surface area contributed by atoms with Crippen molar-refractivity contribution in [2.45, 2.75) is 105 Å². The van der Waals surface area contributed by atoms with E-state index >= 15 is 8.78 Å². The number of carbonyl (C=O) groups is 1. The van der Waals surface area contributed by atoms with Crippen LogP contribution >= 0.6 is 0 Å². The maximum atomic E-state index is 15.6. The second-order valence-corrected chi connectivity index (χ2v) is 11.1. The van der Waals surface area contributed by atoms with Gasteiger partial charge in [-0.3, -0.25) is 4.79 Å². The second kappa shape index (κ2) is 8.70. The van der Waals surface area contributed by atoms with E-state index in [0.717, 1.165) is 44.9 Å². The Labute approximate surface area is 182 Å². The van der Waals surface area contributed by atoms with Crippen LogP contribution in [0.4, 0.5) is 8.78 Å². The molecule has 0 bridgehead atoms. The summed E-state index contributed by atoms with van der Waals surface area (Å²) in [5, 5.41) is 0. The summed E-state index contributed by atoms with van der Waals surface area (Å²) in [6, 6.07) is 0. The molecule has 0 amide bonds. The summed E-state index contributed by atoms with van der Waals surface area (Å²) in [5.74, 6) is -2.12. The molecule has 4 saturated carbocycles. The molecule has 4 aliphatic carbocycles. The van der Waals surface area contributed by atoms with Gasteiger partial charge in [-0.25, -0.2) is 8.78 Å². The summed E-state index contributed by atoms with van der Waals surface area (Å²) in [5.41, 5.74) is 0.0531. The highest BCUT2D eigenvalue weighted by Crippen LogP contribution is 2.71. The lowest BCUT2D eigenvalue weighted by atomic mass is 9.43. The maximum Gasteiger partial charge on any atom is 0.305 e. The van der Waals surface area contributed by atoms with Crippen molar-refractivity contribution in [1.82, 2.24) is 0 Å². The highest BCUT2D eigenvalue weighted by Gasteiger charge is 2.67. The first-order chi connectivity index (χ1) is 14.1. The maximum absolute atomic E-state index is 15.6. The van der Waals surface area contributed by atoms with Gasteiger partial charge in [0.15, 0.2) is 0 Å². The number of halogens is 2. The van der Waals surface area contributed by atoms with Gasteiger partial charge in [0, 0.05) is 18.8 Å². The van der Waals surface area contributed by atoms with E-state index in [9.17, 15) is 4.79 Å². The molecule has 0 radical (unpaired) electrons. The molecule has 2 nitrogen and oxygen atoms in total. The molecule has 174 valence electrons. The van der Waals surface area contributed by atoms with E-state index in [0.29, 0.717) is 12.3 Å². The molecular weight excluding hydrogens is 382 g/mol. The molecule has 4 aliphatic rings. The zero-order valence-electron chi connectivity index (χ0n) is 20.1. The quantitative estimate of drug-likeness (QED) is 0.437. The molecular formula is C26H44F2O2. The van der Waals surface area contributed by atoms with Gasteiger partial charge in [0.2, 0.25) is 0 Å². The minimum atomic E-state index is -2.53. The third-order valence-corrected chi connectivity index (χ3v) is 10.1. The van der Waals surface area contributed by atoms with E-state index < -0.39 is 11.8 Å². The van der Waals surface area contributed by atoms with Crippen LogP contribution in [0.5, 0.6) is 0 Å². The van der Waals surface area contributed by atoms with Crippen LogP contribution in [0.25, 0.3) is 0 Å². The molecule has 0 aliphatic heterocycles. The summed E-state index contributed by atoms with van der Waals surface area (Å²) in [7, 11) is 1.43. The van der Waals surface area contributed by atoms with Gasteiger partial charge in [-0.2, -0.15) is 0 Å². The fraction of sp³-hybridized carbons (Fsp3) is 0.962. The highest BCUT2D eigenvalue weighted by atomic mass is 19.3. The predicted octanol–water partition coefficient (Wildman–Crippen LogP) is 7.51. The van der Waals surface area contributed by atoms with Gasteiger partial charge in [0.25, 0.3) is 5.92 Å². The number of ether oxygens (including phenoxy) is 1. The van der Waals surface area contributed by atoms with Crippen LogP contribution in [-0.2, 0) is 9.53 Å². The van der Waals surface area contributed by atoms with Gasteiger partial charge >= 0.3 is 5.97 Å². The lowest BCUT2D eigenvalue weighted by Gasteiger charge is -2.62. The first-order valence-electron chi connectivity index (χ1n) is 12.6. The van der Waals surface area contributed by atoms with Crippen molar-refractivity contribution in [3.63, 3.8) is 0 Å². The zero-order valence-corrected chi connectivity index (χ0v) is 20.1. The summed E-state index contributed by atoms with van der Waals surface area (Å²) in [4.78, 5) is 11.8. The third-order valence-electron chi connectivity index (χ3n) is 10.1. The molecule has 0 aromatic carbocycles. The molecule has 8 atom stereocenters. The zero-order chi connectivity index (χ0) is 22.3. The number of hydrogen-bond donors (Lipinski definition) is 0. The van der Waals surface area contributed by atoms with Crippen molar-refractivity contribution in [3.8, 4) is 0 Å². The van der Waals surface area contributed by atoms with Crippen LogP contribution in [0.15, 0.2) is 0 Å². The van der Waals surface area contributed by atoms with Gasteiger partial charge in [0.1, 0.15) is 0 Å². The Morgan fingerprint density at radius 2 is 1.67 bits per heavy atom. The summed E-state index contributed by atoms with van der Waals surface area (Å²) < 4.78 is 36.1. The van der Waals surface area contributed by atoms with Gasteiger partial charge in [-0.05, 0) is 78.9 Å². The average molecular weight is 427 g/mol. The van der Waals surface area contributed by atoms with Crippen molar-refractivity contribution in [1.29, 1.82) is 0 Å². The first kappa shape index (κ1) is 24.0. The van der Waals surface area contributed by atoms with Crippen LogP contribution in [0.3, 0.4) is 0 Å². The van der Waals surface area contributed by atoms with Crippen LogP contribution in [-0.4, -0.2) is 19.0 Å². The van der Waals surface area contributed by atoms with Gasteiger partial charge in [-0.1, -0.05) is 47.5 Å². The van der Waals surface area contributed by atoms with Crippen molar-refractivity contribution >= 4 is 5.97 Å². The van der Waals surface area contributed by atoms with Gasteiger partial charge < -0.3 is 4.74 Å². The predicted molar refractivity (Wildman–Crippen MR) is 117 cm³/mol. The Balaban J connectivity index is 0.00000124. The highest BCUT2D eigenvalue weighted by molar-refractivity contribution is 5.69. The van der Waals surface area contributed by atoms with Crippen molar-refractivity contribution in [2.24, 2.45) is 46.3 Å². The minimum absolute atomic E-state index is 0.0596. The SMILES string of the molecule is CC.COC(=O)C[C@@H](C)C1CCC2C3C(CCC21C)C1(C)CCCCC1CC3(F)F. The number of methoxy groups -OCH3 is 1. The number of carbonyl (C=O) groups excluding carboxylic acids is 1. The van der Waals surface area contributed by atoms with E-state index in [1.807, 2.05) is 13.8 Å². The molecule has 7 unspecified atom stereocenters. The molecule has 30 heavy (non-hydrogen) atoms. The van der Waals surface area contributed by atoms with Crippen LogP contribution in [0, 0.1) is 46.3 Å². The lowest BCUT2D eigenvalue weighted by molar-refractivity contribution is -0.232. The fourth-order valence-corrected chi connectivity index (χ4v) is 8.65. The molecule has 0 aromatic heterocycles. The molecule has 0 saturated heterocycles. The topological polar surface area (TPSA) is 26.3 Å². The smallest absolute Gasteiger partial charge is 0.305 e. The fourth-order valence-electron chi connectivity index (χ4n) is 8.65. The standard InChI is InChI=1S/C24H38F2O2.C2H6/c1-15(13-20(27)28-4)17-8-9-18-21-19(10-12-23(17,18)3)22(2)11-6-5-7-16(22)14-24(21,25)26;1-2/h15-19,21H,5-14H2,1-4H3;1-2H3/t15-,16?,17?,18?,19?,21?,22?,23?;/m1./s1. The van der Waals surface area contributed by atoms with Crippen molar-refractivity contribution in [2.75, 3.05) is 7.11 Å². The van der Waals surface area contributed by atoms with Gasteiger partial charge in [0.05, 0.1) is 7.11 Å². The average Bonchev–Trinajstić information content (AvgIpc) is 3.06. The van der Waals surface area contributed by atoms with Gasteiger partial charge in [-0.15, -0.1) is 0 Å². The second-order valence-electron chi connectivity index (χ2n) is 11.1. The lowest BCUT2D eigenvalue weighted by Crippen LogP contribution is -2.60. The number of fused-ring (bicyclic) bond motifs is 5. The number of hydrogen-bond acceptors (Lipinski definition) is 2. The molecule has 0 spiro atoms. The molecule has 0 heterocycles. The Morgan fingerprint density at radius 3 is 2.33 bits per heavy atom. The number of alkyl halides is 2. The Morgan fingerprint density at radius 1 is 1.00 bits per heavy atom. The van der Waals surface area contributed by atoms with E-state index in [1.165, 1.54) is 13.5 Å². The minimum Gasteiger partial charge on any atom is -0.469 e. The third kappa shape index (κ3) is 3.72. The van der Waals surface area contributed by atoms with Crippen LogP contribution in [0.1, 0.15) is 98.8 Å². The Kier molecular flexibility index (Phi) is 6.95. The van der Waals surface area contributed by atoms with E-state index in [4.69, 9.17) is 4.74 Å². The monoisotopic (exact) mass is 426 g/mol. The summed E-state index contributed by atoms with van der Waals surface area (Å²) in [6.07, 6.45) is 8.88. The van der Waals surface area contributed by atoms with E-state index in [2.05, 4.69) is 20.8 Å². The van der Waals surface area contributed by atoms with Crippen LogP contribution < -0.4 is 0 Å². The summed E-state index contributed by atoms with van der Waals surface area (Å²) in [6.45, 7) is 10.7. The largest absolute Gasteiger partial charge is 0.469 e. The number of rotatable bonds is 3. The molecule has 4 rings (SSSR count). The molecule has 4 fully saturated rings. The Bertz CT molecular complexity index is 620. The summed E-state index contributed by atoms with van der Waals surface area (Å²) >= 11 is 0. The normalized spacial score (nSPS) is 45.1.